The molecule has 0 bridgehead atoms. The van der Waals surface area contributed by atoms with Gasteiger partial charge in [0.15, 0.2) is 0 Å². The summed E-state index contributed by atoms with van der Waals surface area (Å²) in [4.78, 5) is 13.7. The molecule has 1 unspecified atom stereocenters. The van der Waals surface area contributed by atoms with Gasteiger partial charge in [-0.05, 0) is 74.9 Å². The van der Waals surface area contributed by atoms with Crippen molar-refractivity contribution in [1.82, 2.24) is 20.3 Å². The number of nitrogens with one attached hydrogen (secondary N) is 3. The van der Waals surface area contributed by atoms with Crippen LogP contribution in [0.3, 0.4) is 0 Å². The summed E-state index contributed by atoms with van der Waals surface area (Å²) in [7, 11) is -3.45. The standard InChI is InChI=1S/C30H34N6O3S/c1-20-12-13-23-24(9-3-11-27(23)36-40(37,38)19-21-6-2-7-21)28(20)39-29-25(10-5-16-32-29)26-14-17-33-30(35-26)34-22-8-4-15-31-18-22/h3,5,9-14,16-17,21-22,31,36H,2,4,6-8,15,18-19H2,1H3,(H,33,34,35). The number of sulfonamides is 1. The topological polar surface area (TPSA) is 118 Å². The van der Waals surface area contributed by atoms with Crippen molar-refractivity contribution in [3.63, 3.8) is 0 Å². The lowest BCUT2D eigenvalue weighted by molar-refractivity contribution is 0.347. The van der Waals surface area contributed by atoms with Gasteiger partial charge in [-0.3, -0.25) is 4.72 Å². The Morgan fingerprint density at radius 3 is 2.67 bits per heavy atom. The third-order valence-corrected chi connectivity index (χ3v) is 9.13. The van der Waals surface area contributed by atoms with Crippen molar-refractivity contribution in [2.24, 2.45) is 5.92 Å². The maximum Gasteiger partial charge on any atom is 0.233 e. The van der Waals surface area contributed by atoms with E-state index in [-0.39, 0.29) is 17.7 Å². The number of fused-ring (bicyclic) bond motifs is 1. The Morgan fingerprint density at radius 1 is 0.975 bits per heavy atom. The minimum absolute atomic E-state index is 0.156. The van der Waals surface area contributed by atoms with Gasteiger partial charge >= 0.3 is 0 Å². The molecule has 40 heavy (non-hydrogen) atoms. The molecule has 4 aromatic rings. The number of aromatic nitrogens is 3. The Morgan fingerprint density at radius 2 is 1.88 bits per heavy atom. The summed E-state index contributed by atoms with van der Waals surface area (Å²) >= 11 is 0. The number of pyridine rings is 1. The van der Waals surface area contributed by atoms with E-state index in [9.17, 15) is 8.42 Å². The molecule has 3 N–H and O–H groups in total. The van der Waals surface area contributed by atoms with Crippen LogP contribution in [-0.4, -0.2) is 48.3 Å². The zero-order chi connectivity index (χ0) is 27.5. The highest BCUT2D eigenvalue weighted by Gasteiger charge is 2.25. The normalized spacial score (nSPS) is 17.8. The fourth-order valence-electron chi connectivity index (χ4n) is 5.34. The quantitative estimate of drug-likeness (QED) is 0.247. The van der Waals surface area contributed by atoms with Gasteiger partial charge in [0.2, 0.25) is 21.9 Å². The van der Waals surface area contributed by atoms with Crippen LogP contribution in [0.4, 0.5) is 11.6 Å². The van der Waals surface area contributed by atoms with E-state index in [4.69, 9.17) is 9.72 Å². The minimum Gasteiger partial charge on any atom is -0.437 e. The molecule has 10 heteroatoms. The molecular formula is C30H34N6O3S. The predicted octanol–water partition coefficient (Wildman–Crippen LogP) is 5.50. The molecule has 1 saturated heterocycles. The number of ether oxygens (including phenoxy) is 1. The molecule has 6 rings (SSSR count). The molecule has 2 aromatic carbocycles. The summed E-state index contributed by atoms with van der Waals surface area (Å²) in [5.74, 6) is 2.01. The molecule has 2 fully saturated rings. The van der Waals surface area contributed by atoms with Crippen molar-refractivity contribution in [3.8, 4) is 22.9 Å². The second-order valence-electron chi connectivity index (χ2n) is 10.7. The Hall–Kier alpha value is -3.76. The summed E-state index contributed by atoms with van der Waals surface area (Å²) in [5, 5.41) is 8.41. The first-order valence-electron chi connectivity index (χ1n) is 13.9. The number of aryl methyl sites for hydroxylation is 1. The molecule has 3 heterocycles. The van der Waals surface area contributed by atoms with E-state index in [0.29, 0.717) is 29.0 Å². The van der Waals surface area contributed by atoms with Crippen LogP contribution in [0.25, 0.3) is 22.0 Å². The van der Waals surface area contributed by atoms with Crippen LogP contribution in [0.2, 0.25) is 0 Å². The maximum absolute atomic E-state index is 12.9. The number of hydrogen-bond acceptors (Lipinski definition) is 8. The van der Waals surface area contributed by atoms with Gasteiger partial charge < -0.3 is 15.4 Å². The molecule has 0 amide bonds. The third-order valence-electron chi connectivity index (χ3n) is 7.69. The lowest BCUT2D eigenvalue weighted by Gasteiger charge is -2.25. The van der Waals surface area contributed by atoms with Crippen molar-refractivity contribution < 1.29 is 13.2 Å². The van der Waals surface area contributed by atoms with Gasteiger partial charge in [0, 0.05) is 35.8 Å². The van der Waals surface area contributed by atoms with Gasteiger partial charge in [-0.25, -0.2) is 23.4 Å². The number of nitrogens with zero attached hydrogens (tertiary/aromatic N) is 3. The minimum atomic E-state index is -3.45. The molecular weight excluding hydrogens is 524 g/mol. The zero-order valence-corrected chi connectivity index (χ0v) is 23.4. The van der Waals surface area contributed by atoms with Crippen LogP contribution in [0.5, 0.6) is 11.6 Å². The summed E-state index contributed by atoms with van der Waals surface area (Å²) in [5.41, 5.74) is 2.90. The van der Waals surface area contributed by atoms with E-state index in [2.05, 4.69) is 25.3 Å². The van der Waals surface area contributed by atoms with Crippen LogP contribution in [0, 0.1) is 12.8 Å². The van der Waals surface area contributed by atoms with E-state index < -0.39 is 10.0 Å². The van der Waals surface area contributed by atoms with Crippen molar-refractivity contribution >= 4 is 32.4 Å². The lowest BCUT2D eigenvalue weighted by Crippen LogP contribution is -2.38. The van der Waals surface area contributed by atoms with E-state index in [1.54, 1.807) is 18.5 Å². The van der Waals surface area contributed by atoms with Gasteiger partial charge in [-0.15, -0.1) is 0 Å². The van der Waals surface area contributed by atoms with E-state index in [1.165, 1.54) is 0 Å². The van der Waals surface area contributed by atoms with Crippen LogP contribution in [-0.2, 0) is 10.0 Å². The largest absolute Gasteiger partial charge is 0.437 e. The second-order valence-corrected chi connectivity index (χ2v) is 12.5. The highest BCUT2D eigenvalue weighted by molar-refractivity contribution is 7.92. The summed E-state index contributed by atoms with van der Waals surface area (Å²) in [6.45, 7) is 3.89. The molecule has 2 aromatic heterocycles. The molecule has 1 aliphatic carbocycles. The number of hydrogen-bond donors (Lipinski definition) is 3. The molecule has 208 valence electrons. The molecule has 1 saturated carbocycles. The van der Waals surface area contributed by atoms with E-state index in [1.807, 2.05) is 49.4 Å². The number of anilines is 2. The average molecular weight is 559 g/mol. The highest BCUT2D eigenvalue weighted by atomic mass is 32.2. The Bertz CT molecular complexity index is 1620. The molecule has 1 aliphatic heterocycles. The third kappa shape index (κ3) is 5.88. The van der Waals surface area contributed by atoms with Crippen LogP contribution in [0.15, 0.2) is 60.9 Å². The SMILES string of the molecule is Cc1ccc2c(NS(=O)(=O)CC3CCC3)cccc2c1Oc1ncccc1-c1ccnc(NC2CCCNC2)n1. The maximum atomic E-state index is 12.9. The number of rotatable bonds is 9. The highest BCUT2D eigenvalue weighted by Crippen LogP contribution is 2.39. The lowest BCUT2D eigenvalue weighted by atomic mass is 9.87. The van der Waals surface area contributed by atoms with Crippen molar-refractivity contribution in [2.75, 3.05) is 28.9 Å². The Kier molecular flexibility index (Phi) is 7.53. The van der Waals surface area contributed by atoms with Crippen molar-refractivity contribution in [1.29, 1.82) is 0 Å². The van der Waals surface area contributed by atoms with Crippen LogP contribution < -0.4 is 20.1 Å². The first-order valence-corrected chi connectivity index (χ1v) is 15.6. The van der Waals surface area contributed by atoms with Crippen LogP contribution in [0.1, 0.15) is 37.7 Å². The molecule has 0 radical (unpaired) electrons. The Labute approximate surface area is 234 Å². The van der Waals surface area contributed by atoms with Crippen molar-refractivity contribution in [3.05, 3.63) is 66.5 Å². The number of benzene rings is 2. The monoisotopic (exact) mass is 558 g/mol. The predicted molar refractivity (Wildman–Crippen MR) is 158 cm³/mol. The fourth-order valence-corrected chi connectivity index (χ4v) is 6.89. The fraction of sp³-hybridized carbons (Fsp3) is 0.367. The van der Waals surface area contributed by atoms with Gasteiger partial charge in [-0.2, -0.15) is 0 Å². The van der Waals surface area contributed by atoms with E-state index in [0.717, 1.165) is 67.1 Å². The Balaban J connectivity index is 1.30. The average Bonchev–Trinajstić information content (AvgIpc) is 2.93. The molecule has 9 nitrogen and oxygen atoms in total. The smallest absolute Gasteiger partial charge is 0.233 e. The van der Waals surface area contributed by atoms with Gasteiger partial charge in [0.05, 0.1) is 22.7 Å². The van der Waals surface area contributed by atoms with E-state index >= 15 is 0 Å². The van der Waals surface area contributed by atoms with Crippen LogP contribution >= 0.6 is 0 Å². The molecule has 1 atom stereocenters. The summed E-state index contributed by atoms with van der Waals surface area (Å²) in [6.07, 6.45) is 8.67. The summed E-state index contributed by atoms with van der Waals surface area (Å²) < 4.78 is 35.1. The zero-order valence-electron chi connectivity index (χ0n) is 22.6. The van der Waals surface area contributed by atoms with Crippen molar-refractivity contribution in [2.45, 2.75) is 45.1 Å². The first-order chi connectivity index (χ1) is 19.4. The van der Waals surface area contributed by atoms with Gasteiger partial charge in [0.25, 0.3) is 0 Å². The molecule has 0 spiro atoms. The molecule has 2 aliphatic rings. The summed E-state index contributed by atoms with van der Waals surface area (Å²) in [6, 6.07) is 15.4. The van der Waals surface area contributed by atoms with Gasteiger partial charge in [0.1, 0.15) is 5.75 Å². The number of piperidine rings is 1. The first kappa shape index (κ1) is 26.5. The van der Waals surface area contributed by atoms with Gasteiger partial charge in [-0.1, -0.05) is 30.7 Å². The second kappa shape index (κ2) is 11.4.